The molecule has 2 aliphatic heterocycles. The molecule has 0 unspecified atom stereocenters. The molecule has 0 amide bonds. The van der Waals surface area contributed by atoms with Gasteiger partial charge in [-0.05, 0) is 12.1 Å². The Balaban J connectivity index is 1.79. The van der Waals surface area contributed by atoms with Gasteiger partial charge in [0.15, 0.2) is 5.66 Å². The molecular formula is C11H12N4O4S. The van der Waals surface area contributed by atoms with Crippen molar-refractivity contribution in [2.75, 3.05) is 13.1 Å². The van der Waals surface area contributed by atoms with E-state index in [1.54, 1.807) is 0 Å². The van der Waals surface area contributed by atoms with Crippen molar-refractivity contribution in [3.63, 3.8) is 0 Å². The first-order valence-corrected chi connectivity index (χ1v) is 7.56. The van der Waals surface area contributed by atoms with Crippen LogP contribution in [-0.4, -0.2) is 36.4 Å². The van der Waals surface area contributed by atoms with Crippen LogP contribution in [0.5, 0.6) is 0 Å². The summed E-state index contributed by atoms with van der Waals surface area (Å²) in [6.07, 6.45) is 1.19. The van der Waals surface area contributed by atoms with Gasteiger partial charge in [0, 0.05) is 38.1 Å². The van der Waals surface area contributed by atoms with Crippen molar-refractivity contribution < 1.29 is 13.3 Å². The van der Waals surface area contributed by atoms with Crippen molar-refractivity contribution in [2.24, 2.45) is 10.2 Å². The zero-order valence-electron chi connectivity index (χ0n) is 10.5. The van der Waals surface area contributed by atoms with Crippen LogP contribution in [0.1, 0.15) is 12.8 Å². The summed E-state index contributed by atoms with van der Waals surface area (Å²) in [5.41, 5.74) is -0.460. The predicted molar refractivity (Wildman–Crippen MR) is 68.7 cm³/mol. The average molecular weight is 296 g/mol. The van der Waals surface area contributed by atoms with Crippen LogP contribution in [0, 0.1) is 10.1 Å². The highest BCUT2D eigenvalue weighted by Crippen LogP contribution is 2.39. The zero-order valence-corrected chi connectivity index (χ0v) is 11.3. The van der Waals surface area contributed by atoms with E-state index >= 15 is 0 Å². The molecule has 0 atom stereocenters. The smallest absolute Gasteiger partial charge is 0.258 e. The van der Waals surface area contributed by atoms with Gasteiger partial charge < -0.3 is 0 Å². The molecule has 0 aliphatic carbocycles. The minimum atomic E-state index is -3.60. The summed E-state index contributed by atoms with van der Waals surface area (Å²) in [6.45, 7) is 0.735. The number of nitro benzene ring substituents is 1. The quantitative estimate of drug-likeness (QED) is 0.623. The first kappa shape index (κ1) is 13.1. The Kier molecular flexibility index (Phi) is 2.83. The van der Waals surface area contributed by atoms with Crippen LogP contribution in [0.4, 0.5) is 5.69 Å². The van der Waals surface area contributed by atoms with E-state index in [4.69, 9.17) is 0 Å². The maximum Gasteiger partial charge on any atom is 0.269 e. The molecule has 1 aromatic rings. The van der Waals surface area contributed by atoms with Gasteiger partial charge in [0.1, 0.15) is 0 Å². The number of rotatable bonds is 3. The second kappa shape index (κ2) is 4.32. The summed E-state index contributed by atoms with van der Waals surface area (Å²) in [6, 6.07) is 4.93. The third kappa shape index (κ3) is 2.18. The summed E-state index contributed by atoms with van der Waals surface area (Å²) in [5, 5.41) is 18.5. The number of hydrogen-bond acceptors (Lipinski definition) is 6. The van der Waals surface area contributed by atoms with Crippen molar-refractivity contribution in [1.29, 1.82) is 0 Å². The molecule has 1 saturated heterocycles. The summed E-state index contributed by atoms with van der Waals surface area (Å²) >= 11 is 0. The molecule has 0 radical (unpaired) electrons. The number of hydrogen-bond donors (Lipinski definition) is 0. The SMILES string of the molecule is O=[N+]([O-])c1ccc(S(=O)(=O)N2CCC3(CC2)N=N3)cc1. The van der Waals surface area contributed by atoms with Crippen LogP contribution in [0.2, 0.25) is 0 Å². The predicted octanol–water partition coefficient (Wildman–Crippen LogP) is 1.54. The van der Waals surface area contributed by atoms with E-state index in [0.29, 0.717) is 25.9 Å². The lowest BCUT2D eigenvalue weighted by atomic mass is 10.0. The summed E-state index contributed by atoms with van der Waals surface area (Å²) in [4.78, 5) is 10.1. The van der Waals surface area contributed by atoms with Gasteiger partial charge in [-0.3, -0.25) is 10.1 Å². The Labute approximate surface area is 115 Å². The van der Waals surface area contributed by atoms with Crippen molar-refractivity contribution in [1.82, 2.24) is 4.31 Å². The van der Waals surface area contributed by atoms with Crippen LogP contribution in [0.15, 0.2) is 39.4 Å². The van der Waals surface area contributed by atoms with Gasteiger partial charge in [-0.1, -0.05) is 0 Å². The molecule has 1 aromatic carbocycles. The Morgan fingerprint density at radius 2 is 1.70 bits per heavy atom. The summed E-state index contributed by atoms with van der Waals surface area (Å²) < 4.78 is 26.2. The molecule has 1 spiro atoms. The van der Waals surface area contributed by atoms with Crippen LogP contribution in [0.3, 0.4) is 0 Å². The fourth-order valence-electron chi connectivity index (χ4n) is 2.24. The molecule has 2 aliphatic rings. The molecule has 0 aromatic heterocycles. The van der Waals surface area contributed by atoms with Crippen molar-refractivity contribution in [2.45, 2.75) is 23.4 Å². The number of piperidine rings is 1. The lowest BCUT2D eigenvalue weighted by Crippen LogP contribution is -2.41. The highest BCUT2D eigenvalue weighted by atomic mass is 32.2. The Hall–Kier alpha value is -1.87. The van der Waals surface area contributed by atoms with Gasteiger partial charge >= 0.3 is 0 Å². The second-order valence-corrected chi connectivity index (χ2v) is 6.78. The molecule has 1 fully saturated rings. The van der Waals surface area contributed by atoms with Gasteiger partial charge in [-0.15, -0.1) is 0 Å². The Morgan fingerprint density at radius 3 is 2.15 bits per heavy atom. The van der Waals surface area contributed by atoms with Crippen molar-refractivity contribution >= 4 is 15.7 Å². The standard InChI is InChI=1S/C11H12N4O4S/c16-15(17)9-1-3-10(4-2-9)20(18,19)14-7-5-11(6-8-14)12-13-11/h1-4H,5-8H2. The number of nitrogens with zero attached hydrogens (tertiary/aromatic N) is 4. The molecule has 2 heterocycles. The fraction of sp³-hybridized carbons (Fsp3) is 0.455. The highest BCUT2D eigenvalue weighted by molar-refractivity contribution is 7.89. The molecule has 0 bridgehead atoms. The Bertz CT molecular complexity index is 667. The van der Waals surface area contributed by atoms with Crippen molar-refractivity contribution in [3.05, 3.63) is 34.4 Å². The van der Waals surface area contributed by atoms with Crippen LogP contribution in [-0.2, 0) is 10.0 Å². The zero-order chi connectivity index (χ0) is 14.4. The third-order valence-electron chi connectivity index (χ3n) is 3.59. The van der Waals surface area contributed by atoms with Gasteiger partial charge in [-0.25, -0.2) is 8.42 Å². The first-order chi connectivity index (χ1) is 9.43. The summed E-state index contributed by atoms with van der Waals surface area (Å²) in [5.74, 6) is 0. The van der Waals surface area contributed by atoms with E-state index in [1.165, 1.54) is 28.6 Å². The lowest BCUT2D eigenvalue weighted by Gasteiger charge is -2.28. The third-order valence-corrected chi connectivity index (χ3v) is 5.50. The largest absolute Gasteiger partial charge is 0.269 e. The minimum Gasteiger partial charge on any atom is -0.258 e. The van der Waals surface area contributed by atoms with Gasteiger partial charge in [0.05, 0.1) is 9.82 Å². The van der Waals surface area contributed by atoms with Crippen LogP contribution in [0.25, 0.3) is 0 Å². The normalized spacial score (nSPS) is 21.0. The van der Waals surface area contributed by atoms with Crippen LogP contribution >= 0.6 is 0 Å². The minimum absolute atomic E-state index is 0.0729. The van der Waals surface area contributed by atoms with Gasteiger partial charge in [0.2, 0.25) is 10.0 Å². The van der Waals surface area contributed by atoms with E-state index in [0.717, 1.165) is 0 Å². The van der Waals surface area contributed by atoms with E-state index in [2.05, 4.69) is 10.2 Å². The van der Waals surface area contributed by atoms with Crippen LogP contribution < -0.4 is 0 Å². The Morgan fingerprint density at radius 1 is 1.15 bits per heavy atom. The molecule has 20 heavy (non-hydrogen) atoms. The van der Waals surface area contributed by atoms with Crippen molar-refractivity contribution in [3.8, 4) is 0 Å². The summed E-state index contributed by atoms with van der Waals surface area (Å²) in [7, 11) is -3.60. The molecule has 9 heteroatoms. The van der Waals surface area contributed by atoms with E-state index in [9.17, 15) is 18.5 Å². The molecule has 0 saturated carbocycles. The van der Waals surface area contributed by atoms with E-state index < -0.39 is 14.9 Å². The number of sulfonamides is 1. The highest BCUT2D eigenvalue weighted by Gasteiger charge is 2.45. The number of non-ortho nitro benzene ring substituents is 1. The topological polar surface area (TPSA) is 105 Å². The number of nitro groups is 1. The monoisotopic (exact) mass is 296 g/mol. The van der Waals surface area contributed by atoms with E-state index in [-0.39, 0.29) is 16.2 Å². The molecule has 8 nitrogen and oxygen atoms in total. The second-order valence-electron chi connectivity index (χ2n) is 4.84. The fourth-order valence-corrected chi connectivity index (χ4v) is 3.69. The lowest BCUT2D eigenvalue weighted by molar-refractivity contribution is -0.384. The number of benzene rings is 1. The maximum absolute atomic E-state index is 12.4. The first-order valence-electron chi connectivity index (χ1n) is 6.12. The average Bonchev–Trinajstić information content (AvgIpc) is 3.19. The van der Waals surface area contributed by atoms with Gasteiger partial charge in [0.25, 0.3) is 5.69 Å². The maximum atomic E-state index is 12.4. The molecule has 0 N–H and O–H groups in total. The molecular weight excluding hydrogens is 284 g/mol. The van der Waals surface area contributed by atoms with Gasteiger partial charge in [-0.2, -0.15) is 14.5 Å². The molecule has 106 valence electrons. The molecule has 3 rings (SSSR count). The van der Waals surface area contributed by atoms with E-state index in [1.807, 2.05) is 0 Å².